The standard InChI is InChI=1S/C9H8N3/c1-8-4-2-3-5-9(8)12-6-10-11-7-12/h2-3,5-7H,1H3. The molecular formula is C9H8N3. The van der Waals surface area contributed by atoms with Crippen molar-refractivity contribution >= 4 is 0 Å². The Kier molecular flexibility index (Phi) is 1.63. The summed E-state index contributed by atoms with van der Waals surface area (Å²) in [6.07, 6.45) is 3.35. The van der Waals surface area contributed by atoms with Crippen molar-refractivity contribution in [2.24, 2.45) is 0 Å². The zero-order chi connectivity index (χ0) is 8.39. The van der Waals surface area contributed by atoms with Crippen molar-refractivity contribution in [3.05, 3.63) is 42.5 Å². The van der Waals surface area contributed by atoms with Crippen molar-refractivity contribution in [1.82, 2.24) is 14.8 Å². The molecule has 0 aliphatic heterocycles. The van der Waals surface area contributed by atoms with Gasteiger partial charge in [-0.15, -0.1) is 10.2 Å². The summed E-state index contributed by atoms with van der Waals surface area (Å²) in [5.41, 5.74) is 2.17. The van der Waals surface area contributed by atoms with E-state index in [9.17, 15) is 0 Å². The molecule has 0 aliphatic carbocycles. The molecule has 0 fully saturated rings. The van der Waals surface area contributed by atoms with Crippen molar-refractivity contribution in [2.45, 2.75) is 6.92 Å². The molecule has 1 heterocycles. The Labute approximate surface area is 70.7 Å². The second kappa shape index (κ2) is 2.77. The van der Waals surface area contributed by atoms with E-state index in [1.165, 1.54) is 0 Å². The second-order valence-electron chi connectivity index (χ2n) is 2.55. The fraction of sp³-hybridized carbons (Fsp3) is 0.111. The Morgan fingerprint density at radius 3 is 2.75 bits per heavy atom. The lowest BCUT2D eigenvalue weighted by atomic mass is 10.2. The molecular weight excluding hydrogens is 150 g/mol. The van der Waals surface area contributed by atoms with Crippen LogP contribution in [0.2, 0.25) is 0 Å². The molecule has 0 atom stereocenters. The minimum Gasteiger partial charge on any atom is -0.288 e. The van der Waals surface area contributed by atoms with Crippen LogP contribution in [0.4, 0.5) is 0 Å². The molecule has 0 amide bonds. The monoisotopic (exact) mass is 158 g/mol. The highest BCUT2D eigenvalue weighted by atomic mass is 15.2. The van der Waals surface area contributed by atoms with Gasteiger partial charge >= 0.3 is 0 Å². The first-order valence-corrected chi connectivity index (χ1v) is 3.70. The summed E-state index contributed by atoms with van der Waals surface area (Å²) in [5.74, 6) is 0. The van der Waals surface area contributed by atoms with Gasteiger partial charge in [-0.3, -0.25) is 4.57 Å². The summed E-state index contributed by atoms with van der Waals surface area (Å²) < 4.78 is 1.87. The lowest BCUT2D eigenvalue weighted by molar-refractivity contribution is 1.04. The summed E-state index contributed by atoms with van der Waals surface area (Å²) in [5, 5.41) is 7.48. The zero-order valence-corrected chi connectivity index (χ0v) is 6.73. The molecule has 59 valence electrons. The van der Waals surface area contributed by atoms with E-state index in [2.05, 4.69) is 16.3 Å². The molecule has 3 nitrogen and oxygen atoms in total. The van der Waals surface area contributed by atoms with E-state index in [1.54, 1.807) is 12.7 Å². The number of aromatic nitrogens is 3. The van der Waals surface area contributed by atoms with Crippen LogP contribution in [0.1, 0.15) is 5.56 Å². The number of benzene rings is 1. The topological polar surface area (TPSA) is 30.7 Å². The average molecular weight is 158 g/mol. The van der Waals surface area contributed by atoms with E-state index in [4.69, 9.17) is 0 Å². The molecule has 1 aromatic carbocycles. The molecule has 3 heteroatoms. The van der Waals surface area contributed by atoms with Crippen molar-refractivity contribution < 1.29 is 0 Å². The average Bonchev–Trinajstić information content (AvgIpc) is 2.57. The zero-order valence-electron chi connectivity index (χ0n) is 6.73. The molecule has 0 N–H and O–H groups in total. The first-order chi connectivity index (χ1) is 5.88. The maximum Gasteiger partial charge on any atom is 0.123 e. The minimum absolute atomic E-state index is 1.07. The van der Waals surface area contributed by atoms with Gasteiger partial charge in [-0.2, -0.15) is 0 Å². The van der Waals surface area contributed by atoms with E-state index in [0.29, 0.717) is 0 Å². The largest absolute Gasteiger partial charge is 0.288 e. The summed E-state index contributed by atoms with van der Waals surface area (Å²) in [4.78, 5) is 0. The van der Waals surface area contributed by atoms with Crippen LogP contribution in [0, 0.1) is 13.0 Å². The molecule has 1 radical (unpaired) electrons. The number of hydrogen-bond donors (Lipinski definition) is 0. The fourth-order valence-electron chi connectivity index (χ4n) is 1.12. The van der Waals surface area contributed by atoms with Gasteiger partial charge in [-0.1, -0.05) is 12.1 Å². The maximum atomic E-state index is 3.74. The smallest absolute Gasteiger partial charge is 0.123 e. The number of rotatable bonds is 1. The Balaban J connectivity index is 2.55. The molecule has 2 aromatic rings. The third-order valence-electron chi connectivity index (χ3n) is 1.73. The van der Waals surface area contributed by atoms with Crippen LogP contribution in [-0.4, -0.2) is 14.8 Å². The van der Waals surface area contributed by atoms with Crippen molar-refractivity contribution in [3.63, 3.8) is 0 Å². The Morgan fingerprint density at radius 2 is 2.08 bits per heavy atom. The lowest BCUT2D eigenvalue weighted by Gasteiger charge is -2.02. The molecule has 12 heavy (non-hydrogen) atoms. The van der Waals surface area contributed by atoms with Crippen LogP contribution in [-0.2, 0) is 0 Å². The second-order valence-corrected chi connectivity index (χ2v) is 2.55. The predicted molar refractivity (Wildman–Crippen MR) is 44.9 cm³/mol. The van der Waals surface area contributed by atoms with E-state index in [-0.39, 0.29) is 0 Å². The van der Waals surface area contributed by atoms with Gasteiger partial charge in [0.05, 0.1) is 5.69 Å². The van der Waals surface area contributed by atoms with E-state index < -0.39 is 0 Å². The highest BCUT2D eigenvalue weighted by Crippen LogP contribution is 2.10. The third kappa shape index (κ3) is 1.09. The molecule has 0 saturated carbocycles. The Bertz CT molecular complexity index is 365. The highest BCUT2D eigenvalue weighted by Gasteiger charge is 1.97. The van der Waals surface area contributed by atoms with Crippen molar-refractivity contribution in [1.29, 1.82) is 0 Å². The van der Waals surface area contributed by atoms with Gasteiger partial charge in [0.2, 0.25) is 0 Å². The molecule has 0 spiro atoms. The first-order valence-electron chi connectivity index (χ1n) is 3.70. The van der Waals surface area contributed by atoms with Gasteiger partial charge < -0.3 is 0 Å². The Hall–Kier alpha value is -1.64. The number of aryl methyl sites for hydroxylation is 1. The molecule has 2 rings (SSSR count). The van der Waals surface area contributed by atoms with Crippen LogP contribution >= 0.6 is 0 Å². The van der Waals surface area contributed by atoms with Crippen LogP contribution in [0.5, 0.6) is 0 Å². The summed E-state index contributed by atoms with van der Waals surface area (Å²) in [7, 11) is 0. The summed E-state index contributed by atoms with van der Waals surface area (Å²) in [6, 6.07) is 8.96. The van der Waals surface area contributed by atoms with Crippen LogP contribution in [0.3, 0.4) is 0 Å². The lowest BCUT2D eigenvalue weighted by Crippen LogP contribution is -1.92. The van der Waals surface area contributed by atoms with Crippen LogP contribution < -0.4 is 0 Å². The van der Waals surface area contributed by atoms with Crippen molar-refractivity contribution in [2.75, 3.05) is 0 Å². The highest BCUT2D eigenvalue weighted by molar-refractivity contribution is 5.38. The predicted octanol–water partition coefficient (Wildman–Crippen LogP) is 1.38. The first kappa shape index (κ1) is 7.03. The van der Waals surface area contributed by atoms with Crippen LogP contribution in [0.25, 0.3) is 5.69 Å². The normalized spacial score (nSPS) is 10.1. The van der Waals surface area contributed by atoms with E-state index in [0.717, 1.165) is 11.3 Å². The van der Waals surface area contributed by atoms with E-state index in [1.807, 2.05) is 29.7 Å². The molecule has 0 unspecified atom stereocenters. The van der Waals surface area contributed by atoms with Crippen molar-refractivity contribution in [3.8, 4) is 5.69 Å². The van der Waals surface area contributed by atoms with Gasteiger partial charge in [0.1, 0.15) is 12.7 Å². The van der Waals surface area contributed by atoms with E-state index >= 15 is 0 Å². The number of hydrogen-bond acceptors (Lipinski definition) is 2. The fourth-order valence-corrected chi connectivity index (χ4v) is 1.12. The SMILES string of the molecule is Cc1[c]cccc1-n1cnnc1. The van der Waals surface area contributed by atoms with Gasteiger partial charge in [-0.25, -0.2) is 0 Å². The Morgan fingerprint density at radius 1 is 1.33 bits per heavy atom. The third-order valence-corrected chi connectivity index (χ3v) is 1.73. The molecule has 0 bridgehead atoms. The van der Waals surface area contributed by atoms with Gasteiger partial charge in [0.25, 0.3) is 0 Å². The van der Waals surface area contributed by atoms with Crippen LogP contribution in [0.15, 0.2) is 30.9 Å². The van der Waals surface area contributed by atoms with Gasteiger partial charge in [0, 0.05) is 0 Å². The molecule has 0 aliphatic rings. The minimum atomic E-state index is 1.07. The van der Waals surface area contributed by atoms with Gasteiger partial charge in [-0.05, 0) is 24.6 Å². The van der Waals surface area contributed by atoms with Gasteiger partial charge in [0.15, 0.2) is 0 Å². The summed E-state index contributed by atoms with van der Waals surface area (Å²) >= 11 is 0. The molecule has 1 aromatic heterocycles. The maximum absolute atomic E-state index is 3.74. The molecule has 0 saturated heterocycles. The number of nitrogens with zero attached hydrogens (tertiary/aromatic N) is 3. The quantitative estimate of drug-likeness (QED) is 0.627. The summed E-state index contributed by atoms with van der Waals surface area (Å²) in [6.45, 7) is 2.01.